The molecule has 0 unspecified atom stereocenters. The molecule has 1 aromatic heterocycles. The van der Waals surface area contributed by atoms with Crippen molar-refractivity contribution in [2.75, 3.05) is 13.7 Å². The van der Waals surface area contributed by atoms with Gasteiger partial charge in [0.05, 0.1) is 12.0 Å². The van der Waals surface area contributed by atoms with Crippen molar-refractivity contribution in [3.05, 3.63) is 28.6 Å². The van der Waals surface area contributed by atoms with Crippen LogP contribution in [0.15, 0.2) is 18.2 Å². The maximum absolute atomic E-state index is 12.5. The summed E-state index contributed by atoms with van der Waals surface area (Å²) in [5, 5.41) is 4.06. The standard InChI is InChI=1S/C17H24N2O2S/c1-5-17(18,6-2)10-19-16(20)15-11(3)13-9-12(21-4)7-8-14(13)22-15/h7-9H,5-6,10,18H2,1-4H3,(H,19,20). The highest BCUT2D eigenvalue weighted by molar-refractivity contribution is 7.21. The zero-order valence-electron chi connectivity index (χ0n) is 13.7. The number of carbonyl (C=O) groups is 1. The van der Waals surface area contributed by atoms with Gasteiger partial charge in [-0.15, -0.1) is 11.3 Å². The van der Waals surface area contributed by atoms with Gasteiger partial charge in [0.15, 0.2) is 0 Å². The van der Waals surface area contributed by atoms with Gasteiger partial charge in [-0.1, -0.05) is 13.8 Å². The SMILES string of the molecule is CCC(N)(CC)CNC(=O)c1sc2ccc(OC)cc2c1C. The maximum Gasteiger partial charge on any atom is 0.261 e. The number of fused-ring (bicyclic) bond motifs is 1. The van der Waals surface area contributed by atoms with Crippen LogP contribution in [0.1, 0.15) is 41.9 Å². The Morgan fingerprint density at radius 1 is 1.36 bits per heavy atom. The van der Waals surface area contributed by atoms with Crippen molar-refractivity contribution in [2.24, 2.45) is 5.73 Å². The van der Waals surface area contributed by atoms with E-state index in [2.05, 4.69) is 5.32 Å². The molecule has 0 fully saturated rings. The van der Waals surface area contributed by atoms with Gasteiger partial charge in [-0.3, -0.25) is 4.79 Å². The molecule has 120 valence electrons. The van der Waals surface area contributed by atoms with E-state index in [4.69, 9.17) is 10.5 Å². The Hall–Kier alpha value is -1.59. The first-order valence-electron chi connectivity index (χ1n) is 7.58. The van der Waals surface area contributed by atoms with Gasteiger partial charge >= 0.3 is 0 Å². The smallest absolute Gasteiger partial charge is 0.261 e. The van der Waals surface area contributed by atoms with Crippen LogP contribution in [-0.4, -0.2) is 25.1 Å². The number of hydrogen-bond donors (Lipinski definition) is 2. The van der Waals surface area contributed by atoms with E-state index in [0.717, 1.165) is 39.1 Å². The summed E-state index contributed by atoms with van der Waals surface area (Å²) in [6, 6.07) is 5.89. The first kappa shape index (κ1) is 16.8. The Morgan fingerprint density at radius 3 is 2.64 bits per heavy atom. The molecule has 0 bridgehead atoms. The number of carbonyl (C=O) groups excluding carboxylic acids is 1. The second-order valence-corrected chi connectivity index (χ2v) is 6.72. The van der Waals surface area contributed by atoms with Crippen LogP contribution in [0.3, 0.4) is 0 Å². The molecule has 0 aliphatic carbocycles. The first-order chi connectivity index (χ1) is 10.4. The summed E-state index contributed by atoms with van der Waals surface area (Å²) in [7, 11) is 1.65. The van der Waals surface area contributed by atoms with Crippen LogP contribution in [0.5, 0.6) is 5.75 Å². The first-order valence-corrected chi connectivity index (χ1v) is 8.40. The van der Waals surface area contributed by atoms with Gasteiger partial charge < -0.3 is 15.8 Å². The zero-order chi connectivity index (χ0) is 16.3. The van der Waals surface area contributed by atoms with Crippen molar-refractivity contribution in [3.63, 3.8) is 0 Å². The van der Waals surface area contributed by atoms with Crippen LogP contribution in [0.2, 0.25) is 0 Å². The minimum absolute atomic E-state index is 0.0469. The molecule has 2 aromatic rings. The number of amides is 1. The molecule has 0 saturated heterocycles. The number of nitrogens with one attached hydrogen (secondary N) is 1. The third-order valence-electron chi connectivity index (χ3n) is 4.36. The molecule has 0 saturated carbocycles. The zero-order valence-corrected chi connectivity index (χ0v) is 14.5. The molecule has 0 radical (unpaired) electrons. The number of hydrogen-bond acceptors (Lipinski definition) is 4. The lowest BCUT2D eigenvalue weighted by molar-refractivity contribution is 0.0946. The Morgan fingerprint density at radius 2 is 2.05 bits per heavy atom. The van der Waals surface area contributed by atoms with Gasteiger partial charge in [0.1, 0.15) is 5.75 Å². The minimum Gasteiger partial charge on any atom is -0.497 e. The van der Waals surface area contributed by atoms with Gasteiger partial charge in [0.2, 0.25) is 0 Å². The van der Waals surface area contributed by atoms with E-state index < -0.39 is 0 Å². The van der Waals surface area contributed by atoms with E-state index >= 15 is 0 Å². The summed E-state index contributed by atoms with van der Waals surface area (Å²) in [5.74, 6) is 0.757. The van der Waals surface area contributed by atoms with E-state index in [-0.39, 0.29) is 11.4 Å². The lowest BCUT2D eigenvalue weighted by Gasteiger charge is -2.26. The highest BCUT2D eigenvalue weighted by atomic mass is 32.1. The number of ether oxygens (including phenoxy) is 1. The average Bonchev–Trinajstić information content (AvgIpc) is 2.88. The maximum atomic E-state index is 12.5. The van der Waals surface area contributed by atoms with Gasteiger partial charge in [-0.05, 0) is 48.9 Å². The van der Waals surface area contributed by atoms with Crippen LogP contribution < -0.4 is 15.8 Å². The molecular formula is C17H24N2O2S. The molecule has 22 heavy (non-hydrogen) atoms. The molecule has 2 rings (SSSR count). The van der Waals surface area contributed by atoms with E-state index in [1.54, 1.807) is 7.11 Å². The fourth-order valence-corrected chi connectivity index (χ4v) is 3.49. The van der Waals surface area contributed by atoms with Crippen LogP contribution in [0.4, 0.5) is 0 Å². The predicted molar refractivity (Wildman–Crippen MR) is 92.9 cm³/mol. The van der Waals surface area contributed by atoms with E-state index in [0.29, 0.717) is 6.54 Å². The number of rotatable bonds is 6. The highest BCUT2D eigenvalue weighted by Crippen LogP contribution is 2.33. The predicted octanol–water partition coefficient (Wildman–Crippen LogP) is 3.47. The van der Waals surface area contributed by atoms with Crippen LogP contribution in [-0.2, 0) is 0 Å². The number of benzene rings is 1. The largest absolute Gasteiger partial charge is 0.497 e. The summed E-state index contributed by atoms with van der Waals surface area (Å²) in [6.07, 6.45) is 1.68. The number of methoxy groups -OCH3 is 1. The molecule has 0 aliphatic heterocycles. The third-order valence-corrected chi connectivity index (χ3v) is 5.63. The van der Waals surface area contributed by atoms with Gasteiger partial charge in [0, 0.05) is 16.8 Å². The fraction of sp³-hybridized carbons (Fsp3) is 0.471. The fourth-order valence-electron chi connectivity index (χ4n) is 2.38. The van der Waals surface area contributed by atoms with Gasteiger partial charge in [-0.2, -0.15) is 0 Å². The summed E-state index contributed by atoms with van der Waals surface area (Å²) >= 11 is 1.51. The molecule has 4 nitrogen and oxygen atoms in total. The van der Waals surface area contributed by atoms with Crippen molar-refractivity contribution in [1.82, 2.24) is 5.32 Å². The molecule has 1 aromatic carbocycles. The Labute approximate surface area is 135 Å². The molecule has 0 atom stereocenters. The summed E-state index contributed by atoms with van der Waals surface area (Å²) < 4.78 is 6.35. The van der Waals surface area contributed by atoms with Crippen molar-refractivity contribution in [2.45, 2.75) is 39.2 Å². The third kappa shape index (κ3) is 3.25. The van der Waals surface area contributed by atoms with Crippen molar-refractivity contribution < 1.29 is 9.53 Å². The number of aryl methyl sites for hydroxylation is 1. The monoisotopic (exact) mass is 320 g/mol. The summed E-state index contributed by atoms with van der Waals surface area (Å²) in [6.45, 7) is 6.57. The number of nitrogens with two attached hydrogens (primary N) is 1. The van der Waals surface area contributed by atoms with Crippen LogP contribution >= 0.6 is 11.3 Å². The highest BCUT2D eigenvalue weighted by Gasteiger charge is 2.23. The van der Waals surface area contributed by atoms with E-state index in [1.165, 1.54) is 11.3 Å². The normalized spacial score (nSPS) is 11.7. The van der Waals surface area contributed by atoms with Crippen molar-refractivity contribution in [1.29, 1.82) is 0 Å². The van der Waals surface area contributed by atoms with Crippen molar-refractivity contribution >= 4 is 27.3 Å². The molecule has 1 heterocycles. The molecule has 3 N–H and O–H groups in total. The lowest BCUT2D eigenvalue weighted by Crippen LogP contribution is -2.49. The average molecular weight is 320 g/mol. The molecule has 1 amide bonds. The lowest BCUT2D eigenvalue weighted by atomic mass is 9.94. The van der Waals surface area contributed by atoms with Crippen LogP contribution in [0, 0.1) is 6.92 Å². The Kier molecular flexibility index (Phi) is 5.08. The molecular weight excluding hydrogens is 296 g/mol. The molecule has 5 heteroatoms. The second kappa shape index (κ2) is 6.67. The quantitative estimate of drug-likeness (QED) is 0.856. The van der Waals surface area contributed by atoms with Gasteiger partial charge in [0.25, 0.3) is 5.91 Å². The minimum atomic E-state index is -0.330. The van der Waals surface area contributed by atoms with Crippen LogP contribution in [0.25, 0.3) is 10.1 Å². The summed E-state index contributed by atoms with van der Waals surface area (Å²) in [5.41, 5.74) is 6.91. The Balaban J connectivity index is 2.23. The number of thiophene rings is 1. The summed E-state index contributed by atoms with van der Waals surface area (Å²) in [4.78, 5) is 13.2. The second-order valence-electron chi connectivity index (χ2n) is 5.67. The Bertz CT molecular complexity index is 675. The molecule has 0 spiro atoms. The molecule has 0 aliphatic rings. The topological polar surface area (TPSA) is 64.3 Å². The van der Waals surface area contributed by atoms with E-state index in [9.17, 15) is 4.79 Å². The van der Waals surface area contributed by atoms with E-state index in [1.807, 2.05) is 39.0 Å². The van der Waals surface area contributed by atoms with Gasteiger partial charge in [-0.25, -0.2) is 0 Å². The van der Waals surface area contributed by atoms with Crippen molar-refractivity contribution in [3.8, 4) is 5.75 Å².